The Labute approximate surface area is 70.9 Å². The Morgan fingerprint density at radius 3 is 3.00 bits per heavy atom. The maximum atomic E-state index is 11.3. The molecule has 1 aliphatic rings. The van der Waals surface area contributed by atoms with Crippen LogP contribution in [0.3, 0.4) is 0 Å². The standard InChI is InChI=1S/C8H11N3O/c1-3-6-5-8(6,4-2)7(12)10-11-9/h3,6H,1,4-5H2,2H3/t6-,8-/m1/s1. The van der Waals surface area contributed by atoms with Crippen LogP contribution >= 0.6 is 0 Å². The van der Waals surface area contributed by atoms with Gasteiger partial charge in [-0.05, 0) is 29.4 Å². The maximum Gasteiger partial charge on any atom is 0.225 e. The van der Waals surface area contributed by atoms with Gasteiger partial charge in [-0.25, -0.2) is 0 Å². The van der Waals surface area contributed by atoms with Gasteiger partial charge < -0.3 is 0 Å². The molecule has 1 rings (SSSR count). The van der Waals surface area contributed by atoms with E-state index in [0.29, 0.717) is 0 Å². The van der Waals surface area contributed by atoms with E-state index in [0.717, 1.165) is 12.8 Å². The molecule has 1 amide bonds. The smallest absolute Gasteiger partial charge is 0.225 e. The van der Waals surface area contributed by atoms with E-state index in [1.807, 2.05) is 6.92 Å². The van der Waals surface area contributed by atoms with Gasteiger partial charge in [0, 0.05) is 10.3 Å². The SMILES string of the molecule is C=C[C@@H]1C[C@@]1(CC)C(=O)N=[N+]=[N-]. The molecule has 0 aromatic rings. The lowest BCUT2D eigenvalue weighted by atomic mass is 10.00. The molecule has 0 heterocycles. The van der Waals surface area contributed by atoms with E-state index in [9.17, 15) is 4.79 Å². The third-order valence-electron chi connectivity index (χ3n) is 2.61. The highest BCUT2D eigenvalue weighted by atomic mass is 16.2. The molecule has 1 saturated carbocycles. The lowest BCUT2D eigenvalue weighted by molar-refractivity contribution is -0.123. The van der Waals surface area contributed by atoms with E-state index < -0.39 is 5.41 Å². The molecule has 0 radical (unpaired) electrons. The van der Waals surface area contributed by atoms with Crippen molar-refractivity contribution < 1.29 is 4.79 Å². The summed E-state index contributed by atoms with van der Waals surface area (Å²) >= 11 is 0. The molecule has 0 saturated heterocycles. The summed E-state index contributed by atoms with van der Waals surface area (Å²) < 4.78 is 0. The fourth-order valence-electron chi connectivity index (χ4n) is 1.59. The Morgan fingerprint density at radius 2 is 2.67 bits per heavy atom. The van der Waals surface area contributed by atoms with E-state index in [2.05, 4.69) is 16.6 Å². The second-order valence-corrected chi connectivity index (χ2v) is 3.05. The van der Waals surface area contributed by atoms with E-state index in [-0.39, 0.29) is 11.8 Å². The van der Waals surface area contributed by atoms with Crippen molar-refractivity contribution in [3.05, 3.63) is 23.1 Å². The largest absolute Gasteiger partial charge is 0.292 e. The van der Waals surface area contributed by atoms with Crippen LogP contribution in [0.4, 0.5) is 0 Å². The summed E-state index contributed by atoms with van der Waals surface area (Å²) in [7, 11) is 0. The number of nitrogens with zero attached hydrogens (tertiary/aromatic N) is 3. The van der Waals surface area contributed by atoms with Crippen molar-refractivity contribution in [2.24, 2.45) is 16.4 Å². The third-order valence-corrected chi connectivity index (χ3v) is 2.61. The van der Waals surface area contributed by atoms with Gasteiger partial charge in [0.15, 0.2) is 0 Å². The zero-order valence-corrected chi connectivity index (χ0v) is 7.03. The van der Waals surface area contributed by atoms with E-state index in [1.54, 1.807) is 6.08 Å². The number of rotatable bonds is 3. The average molecular weight is 165 g/mol. The highest BCUT2D eigenvalue weighted by Gasteiger charge is 2.55. The number of carbonyl (C=O) groups excluding carboxylic acids is 1. The number of amides is 1. The van der Waals surface area contributed by atoms with Crippen molar-refractivity contribution in [2.45, 2.75) is 19.8 Å². The van der Waals surface area contributed by atoms with Crippen LogP contribution in [0.2, 0.25) is 0 Å². The van der Waals surface area contributed by atoms with Crippen LogP contribution in [0.25, 0.3) is 10.4 Å². The lowest BCUT2D eigenvalue weighted by Crippen LogP contribution is -2.13. The molecule has 4 nitrogen and oxygen atoms in total. The Hall–Kier alpha value is -1.28. The van der Waals surface area contributed by atoms with Crippen LogP contribution in [-0.4, -0.2) is 5.91 Å². The zero-order chi connectivity index (χ0) is 9.19. The van der Waals surface area contributed by atoms with Gasteiger partial charge >= 0.3 is 0 Å². The van der Waals surface area contributed by atoms with Crippen molar-refractivity contribution in [1.82, 2.24) is 0 Å². The minimum atomic E-state index is -0.409. The Bertz CT molecular complexity index is 267. The van der Waals surface area contributed by atoms with Crippen LogP contribution < -0.4 is 0 Å². The number of azide groups is 1. The van der Waals surface area contributed by atoms with Gasteiger partial charge in [0.05, 0.1) is 0 Å². The minimum Gasteiger partial charge on any atom is -0.292 e. The van der Waals surface area contributed by atoms with Crippen molar-refractivity contribution in [3.8, 4) is 0 Å². The molecule has 0 aromatic carbocycles. The summed E-state index contributed by atoms with van der Waals surface area (Å²) in [6.45, 7) is 5.55. The van der Waals surface area contributed by atoms with Crippen LogP contribution in [-0.2, 0) is 4.79 Å². The van der Waals surface area contributed by atoms with Crippen LogP contribution in [0, 0.1) is 11.3 Å². The summed E-state index contributed by atoms with van der Waals surface area (Å²) in [6.07, 6.45) is 3.26. The van der Waals surface area contributed by atoms with Crippen molar-refractivity contribution in [2.75, 3.05) is 0 Å². The van der Waals surface area contributed by atoms with Gasteiger partial charge in [0.2, 0.25) is 5.91 Å². The molecule has 12 heavy (non-hydrogen) atoms. The highest BCUT2D eigenvalue weighted by Crippen LogP contribution is 2.56. The summed E-state index contributed by atoms with van der Waals surface area (Å²) in [5.41, 5.74) is 7.69. The predicted octanol–water partition coefficient (Wildman–Crippen LogP) is 2.43. The molecule has 0 aromatic heterocycles. The summed E-state index contributed by atoms with van der Waals surface area (Å²) in [6, 6.07) is 0. The fourth-order valence-corrected chi connectivity index (χ4v) is 1.59. The average Bonchev–Trinajstić information content (AvgIpc) is 2.80. The van der Waals surface area contributed by atoms with E-state index >= 15 is 0 Å². The number of hydrogen-bond acceptors (Lipinski definition) is 1. The first-order valence-corrected chi connectivity index (χ1v) is 3.93. The van der Waals surface area contributed by atoms with Gasteiger partial charge in [0.25, 0.3) is 0 Å². The second kappa shape index (κ2) is 2.99. The van der Waals surface area contributed by atoms with Gasteiger partial charge in [-0.1, -0.05) is 13.0 Å². The first kappa shape index (κ1) is 8.81. The molecule has 1 fully saturated rings. The quantitative estimate of drug-likeness (QED) is 0.274. The molecule has 2 atom stereocenters. The zero-order valence-electron chi connectivity index (χ0n) is 7.03. The van der Waals surface area contributed by atoms with E-state index in [4.69, 9.17) is 5.53 Å². The molecule has 1 aliphatic carbocycles. The maximum absolute atomic E-state index is 11.3. The van der Waals surface area contributed by atoms with Gasteiger partial charge in [-0.3, -0.25) is 4.79 Å². The third kappa shape index (κ3) is 1.10. The van der Waals surface area contributed by atoms with Crippen LogP contribution in [0.5, 0.6) is 0 Å². The summed E-state index contributed by atoms with van der Waals surface area (Å²) in [5, 5.41) is 3.12. The molecule has 4 heteroatoms. The van der Waals surface area contributed by atoms with Crippen molar-refractivity contribution in [1.29, 1.82) is 0 Å². The Kier molecular flexibility index (Phi) is 2.20. The van der Waals surface area contributed by atoms with Gasteiger partial charge in [0.1, 0.15) is 0 Å². The second-order valence-electron chi connectivity index (χ2n) is 3.05. The first-order chi connectivity index (χ1) is 5.71. The normalized spacial score (nSPS) is 31.9. The molecule has 0 spiro atoms. The molecule has 64 valence electrons. The van der Waals surface area contributed by atoms with Gasteiger partial charge in [-0.15, -0.1) is 6.58 Å². The molecule has 0 unspecified atom stereocenters. The molecule has 0 bridgehead atoms. The predicted molar refractivity (Wildman–Crippen MR) is 45.2 cm³/mol. The number of allylic oxidation sites excluding steroid dienone is 1. The molecular weight excluding hydrogens is 154 g/mol. The first-order valence-electron chi connectivity index (χ1n) is 3.93. The Morgan fingerprint density at radius 1 is 2.00 bits per heavy atom. The summed E-state index contributed by atoms with van der Waals surface area (Å²) in [4.78, 5) is 13.8. The van der Waals surface area contributed by atoms with Gasteiger partial charge in [-0.2, -0.15) is 0 Å². The van der Waals surface area contributed by atoms with Crippen molar-refractivity contribution in [3.63, 3.8) is 0 Å². The fraction of sp³-hybridized carbons (Fsp3) is 0.625. The van der Waals surface area contributed by atoms with Crippen LogP contribution in [0.15, 0.2) is 17.8 Å². The summed E-state index contributed by atoms with van der Waals surface area (Å²) in [5.74, 6) is -0.127. The van der Waals surface area contributed by atoms with Crippen LogP contribution in [0.1, 0.15) is 19.8 Å². The molecular formula is C8H11N3O. The van der Waals surface area contributed by atoms with Crippen molar-refractivity contribution >= 4 is 5.91 Å². The number of hydrogen-bond donors (Lipinski definition) is 0. The monoisotopic (exact) mass is 165 g/mol. The number of carbonyl (C=O) groups is 1. The topological polar surface area (TPSA) is 65.8 Å². The highest BCUT2D eigenvalue weighted by molar-refractivity contribution is 5.87. The molecule has 0 N–H and O–H groups in total. The van der Waals surface area contributed by atoms with E-state index in [1.165, 1.54) is 0 Å². The minimum absolute atomic E-state index is 0.209. The lowest BCUT2D eigenvalue weighted by Gasteiger charge is -2.06. The Balaban J connectivity index is 2.78. The molecule has 0 aliphatic heterocycles.